The van der Waals surface area contributed by atoms with E-state index in [1.807, 2.05) is 0 Å². The van der Waals surface area contributed by atoms with E-state index in [1.165, 1.54) is 4.40 Å². The molecule has 2 aromatic heterocycles. The number of likely N-dealkylation sites (N-methyl/N-ethyl adjacent to an activating group) is 1. The third-order valence-corrected chi connectivity index (χ3v) is 4.20. The Labute approximate surface area is 128 Å². The minimum Gasteiger partial charge on any atom is -0.301 e. The lowest BCUT2D eigenvalue weighted by Gasteiger charge is -2.33. The summed E-state index contributed by atoms with van der Waals surface area (Å²) in [5, 5.41) is 0.537. The Balaban J connectivity index is 1.79. The Hall–Kier alpha value is -1.43. The number of hydrogen-bond donors (Lipinski definition) is 0. The lowest BCUT2D eigenvalue weighted by atomic mass is 10.3. The van der Waals surface area contributed by atoms with Crippen LogP contribution in [-0.4, -0.2) is 51.9 Å². The van der Waals surface area contributed by atoms with Crippen molar-refractivity contribution in [2.45, 2.75) is 13.5 Å². The summed E-state index contributed by atoms with van der Waals surface area (Å²) in [6.45, 7) is 8.23. The molecule has 1 aliphatic heterocycles. The van der Waals surface area contributed by atoms with Gasteiger partial charge in [-0.25, -0.2) is 4.98 Å². The monoisotopic (exact) mass is 306 g/mol. The van der Waals surface area contributed by atoms with Crippen molar-refractivity contribution in [1.82, 2.24) is 19.2 Å². The van der Waals surface area contributed by atoms with Crippen LogP contribution >= 0.6 is 11.6 Å². The van der Waals surface area contributed by atoms with Crippen LogP contribution in [-0.2, 0) is 6.54 Å². The first-order valence-corrected chi connectivity index (χ1v) is 7.66. The normalized spacial score (nSPS) is 17.4. The molecule has 2 aromatic rings. The second-order valence-electron chi connectivity index (χ2n) is 5.37. The van der Waals surface area contributed by atoms with E-state index in [0.29, 0.717) is 10.7 Å². The van der Waals surface area contributed by atoms with Gasteiger partial charge in [0.25, 0.3) is 5.56 Å². The van der Waals surface area contributed by atoms with Gasteiger partial charge in [0.2, 0.25) is 0 Å². The molecule has 1 saturated heterocycles. The van der Waals surface area contributed by atoms with Gasteiger partial charge in [-0.3, -0.25) is 14.1 Å². The van der Waals surface area contributed by atoms with Gasteiger partial charge in [0.1, 0.15) is 5.65 Å². The SMILES string of the molecule is CCN1CCN(Cc2cc(=O)n3cc(Cl)ccc3n2)CC1. The molecule has 0 saturated carbocycles. The van der Waals surface area contributed by atoms with E-state index in [-0.39, 0.29) is 5.56 Å². The van der Waals surface area contributed by atoms with Crippen LogP contribution in [0.5, 0.6) is 0 Å². The minimum absolute atomic E-state index is 0.0790. The molecule has 1 aliphatic rings. The van der Waals surface area contributed by atoms with Gasteiger partial charge in [-0.1, -0.05) is 18.5 Å². The topological polar surface area (TPSA) is 40.9 Å². The average molecular weight is 307 g/mol. The molecule has 0 aromatic carbocycles. The van der Waals surface area contributed by atoms with Crippen molar-refractivity contribution in [2.24, 2.45) is 0 Å². The second kappa shape index (κ2) is 6.13. The molecule has 0 bridgehead atoms. The average Bonchev–Trinajstić information content (AvgIpc) is 2.49. The second-order valence-corrected chi connectivity index (χ2v) is 5.81. The third kappa shape index (κ3) is 3.26. The zero-order valence-corrected chi connectivity index (χ0v) is 12.9. The fourth-order valence-electron chi connectivity index (χ4n) is 2.70. The molecule has 112 valence electrons. The summed E-state index contributed by atoms with van der Waals surface area (Å²) in [5.41, 5.74) is 1.39. The summed E-state index contributed by atoms with van der Waals surface area (Å²) < 4.78 is 1.49. The maximum absolute atomic E-state index is 12.1. The molecule has 0 atom stereocenters. The van der Waals surface area contributed by atoms with Crippen LogP contribution in [0.25, 0.3) is 5.65 Å². The Morgan fingerprint density at radius 1 is 1.19 bits per heavy atom. The van der Waals surface area contributed by atoms with Gasteiger partial charge in [-0.2, -0.15) is 0 Å². The van der Waals surface area contributed by atoms with Crippen molar-refractivity contribution in [3.8, 4) is 0 Å². The van der Waals surface area contributed by atoms with Gasteiger partial charge in [0, 0.05) is 45.0 Å². The Bertz CT molecular complexity index is 692. The molecular weight excluding hydrogens is 288 g/mol. The van der Waals surface area contributed by atoms with Crippen LogP contribution in [0, 0.1) is 0 Å². The predicted molar refractivity (Wildman–Crippen MR) is 83.9 cm³/mol. The van der Waals surface area contributed by atoms with Gasteiger partial charge in [-0.15, -0.1) is 0 Å². The number of fused-ring (bicyclic) bond motifs is 1. The van der Waals surface area contributed by atoms with E-state index in [9.17, 15) is 4.79 Å². The highest BCUT2D eigenvalue weighted by atomic mass is 35.5. The molecule has 0 radical (unpaired) electrons. The summed E-state index contributed by atoms with van der Waals surface area (Å²) in [6, 6.07) is 5.14. The van der Waals surface area contributed by atoms with Crippen LogP contribution in [0.3, 0.4) is 0 Å². The zero-order valence-electron chi connectivity index (χ0n) is 12.1. The van der Waals surface area contributed by atoms with E-state index in [4.69, 9.17) is 11.6 Å². The Morgan fingerprint density at radius 3 is 2.62 bits per heavy atom. The van der Waals surface area contributed by atoms with Crippen LogP contribution in [0.4, 0.5) is 0 Å². The Kier molecular flexibility index (Phi) is 4.24. The van der Waals surface area contributed by atoms with Crippen molar-refractivity contribution in [1.29, 1.82) is 0 Å². The number of rotatable bonds is 3. The van der Waals surface area contributed by atoms with Crippen molar-refractivity contribution in [3.63, 3.8) is 0 Å². The fourth-order valence-corrected chi connectivity index (χ4v) is 2.86. The molecule has 0 N–H and O–H groups in total. The lowest BCUT2D eigenvalue weighted by molar-refractivity contribution is 0.131. The maximum Gasteiger partial charge on any atom is 0.258 e. The summed E-state index contributed by atoms with van der Waals surface area (Å²) in [4.78, 5) is 21.5. The van der Waals surface area contributed by atoms with Crippen LogP contribution in [0.1, 0.15) is 12.6 Å². The molecule has 0 amide bonds. The highest BCUT2D eigenvalue weighted by Crippen LogP contribution is 2.10. The summed E-state index contributed by atoms with van der Waals surface area (Å²) in [7, 11) is 0. The number of aromatic nitrogens is 2. The van der Waals surface area contributed by atoms with Gasteiger partial charge in [-0.05, 0) is 18.7 Å². The fraction of sp³-hybridized carbons (Fsp3) is 0.467. The highest BCUT2D eigenvalue weighted by molar-refractivity contribution is 6.30. The number of halogens is 1. The predicted octanol–water partition coefficient (Wildman–Crippen LogP) is 1.49. The van der Waals surface area contributed by atoms with Crippen LogP contribution in [0.2, 0.25) is 5.02 Å². The Morgan fingerprint density at radius 2 is 1.90 bits per heavy atom. The summed E-state index contributed by atoms with van der Waals surface area (Å²) >= 11 is 5.91. The maximum atomic E-state index is 12.1. The first-order valence-electron chi connectivity index (χ1n) is 7.28. The van der Waals surface area contributed by atoms with Gasteiger partial charge in [0.15, 0.2) is 0 Å². The molecule has 0 unspecified atom stereocenters. The van der Waals surface area contributed by atoms with E-state index >= 15 is 0 Å². The minimum atomic E-state index is -0.0790. The van der Waals surface area contributed by atoms with Gasteiger partial charge < -0.3 is 4.90 Å². The quantitative estimate of drug-likeness (QED) is 0.861. The summed E-state index contributed by atoms with van der Waals surface area (Å²) in [6.07, 6.45) is 1.61. The molecule has 6 heteroatoms. The molecule has 5 nitrogen and oxygen atoms in total. The van der Waals surface area contributed by atoms with E-state index < -0.39 is 0 Å². The number of nitrogens with zero attached hydrogens (tertiary/aromatic N) is 4. The van der Waals surface area contributed by atoms with Crippen molar-refractivity contribution in [2.75, 3.05) is 32.7 Å². The van der Waals surface area contributed by atoms with Crippen molar-refractivity contribution >= 4 is 17.2 Å². The molecule has 3 heterocycles. The smallest absolute Gasteiger partial charge is 0.258 e. The van der Waals surface area contributed by atoms with Gasteiger partial charge in [0.05, 0.1) is 10.7 Å². The van der Waals surface area contributed by atoms with Crippen LogP contribution in [0.15, 0.2) is 29.2 Å². The molecular formula is C15H19ClN4O. The van der Waals surface area contributed by atoms with E-state index in [2.05, 4.69) is 21.7 Å². The van der Waals surface area contributed by atoms with Crippen molar-refractivity contribution in [3.05, 3.63) is 45.5 Å². The van der Waals surface area contributed by atoms with Crippen LogP contribution < -0.4 is 5.56 Å². The molecule has 1 fully saturated rings. The summed E-state index contributed by atoms with van der Waals surface area (Å²) in [5.74, 6) is 0. The lowest BCUT2D eigenvalue weighted by Crippen LogP contribution is -2.45. The first-order chi connectivity index (χ1) is 10.2. The first kappa shape index (κ1) is 14.5. The standard InChI is InChI=1S/C15H19ClN4O/c1-2-18-5-7-19(8-6-18)11-13-9-15(21)20-10-12(16)3-4-14(20)17-13/h3-4,9-10H,2,5-8,11H2,1H3. The molecule has 0 spiro atoms. The van der Waals surface area contributed by atoms with E-state index in [0.717, 1.165) is 45.0 Å². The number of piperazine rings is 1. The zero-order chi connectivity index (χ0) is 14.8. The largest absolute Gasteiger partial charge is 0.301 e. The van der Waals surface area contributed by atoms with Gasteiger partial charge >= 0.3 is 0 Å². The van der Waals surface area contributed by atoms with E-state index in [1.54, 1.807) is 24.4 Å². The molecule has 3 rings (SSSR count). The number of hydrogen-bond acceptors (Lipinski definition) is 4. The highest BCUT2D eigenvalue weighted by Gasteiger charge is 2.16. The molecule has 21 heavy (non-hydrogen) atoms. The third-order valence-electron chi connectivity index (χ3n) is 3.97. The van der Waals surface area contributed by atoms with Crippen molar-refractivity contribution < 1.29 is 0 Å². The number of pyridine rings is 1. The molecule has 0 aliphatic carbocycles.